The first kappa shape index (κ1) is 17.3. The van der Waals surface area contributed by atoms with Crippen LogP contribution in [0.15, 0.2) is 65.6 Å². The number of ether oxygens (including phenoxy) is 1. The number of carbonyl (C=O) groups excluding carboxylic acids is 1. The van der Waals surface area contributed by atoms with Gasteiger partial charge in [-0.05, 0) is 36.2 Å². The highest BCUT2D eigenvalue weighted by molar-refractivity contribution is 7.07. The average Bonchev–Trinajstić information content (AvgIpc) is 3.37. The van der Waals surface area contributed by atoms with E-state index in [4.69, 9.17) is 4.74 Å². The largest absolute Gasteiger partial charge is 0.487 e. The van der Waals surface area contributed by atoms with Gasteiger partial charge in [0.15, 0.2) is 0 Å². The molecule has 0 fully saturated rings. The lowest BCUT2D eigenvalue weighted by Crippen LogP contribution is -2.25. The van der Waals surface area contributed by atoms with Crippen molar-refractivity contribution in [3.05, 3.63) is 82.4 Å². The van der Waals surface area contributed by atoms with Gasteiger partial charge in [0.1, 0.15) is 12.4 Å². The van der Waals surface area contributed by atoms with Crippen LogP contribution in [0, 0.1) is 0 Å². The SMILES string of the molecule is O=C(NCCc1c[nH]c2ccccc12)c1cccc(OCc2cscn2)c1. The van der Waals surface area contributed by atoms with E-state index in [-0.39, 0.29) is 5.91 Å². The lowest BCUT2D eigenvalue weighted by atomic mass is 10.1. The minimum atomic E-state index is -0.103. The summed E-state index contributed by atoms with van der Waals surface area (Å²) in [7, 11) is 0. The van der Waals surface area contributed by atoms with Crippen molar-refractivity contribution in [1.82, 2.24) is 15.3 Å². The van der Waals surface area contributed by atoms with Crippen molar-refractivity contribution in [2.75, 3.05) is 6.54 Å². The number of fused-ring (bicyclic) bond motifs is 1. The minimum Gasteiger partial charge on any atom is -0.487 e. The van der Waals surface area contributed by atoms with Crippen molar-refractivity contribution in [3.63, 3.8) is 0 Å². The molecule has 2 aromatic carbocycles. The molecule has 1 amide bonds. The first-order chi connectivity index (χ1) is 13.3. The second-order valence-electron chi connectivity index (χ2n) is 6.16. The number of nitrogens with zero attached hydrogens (tertiary/aromatic N) is 1. The Labute approximate surface area is 161 Å². The molecular weight excluding hydrogens is 358 g/mol. The van der Waals surface area contributed by atoms with E-state index in [1.54, 1.807) is 17.6 Å². The molecule has 0 spiro atoms. The zero-order chi connectivity index (χ0) is 18.5. The maximum absolute atomic E-state index is 12.4. The molecule has 2 aromatic heterocycles. The first-order valence-electron chi connectivity index (χ1n) is 8.73. The lowest BCUT2D eigenvalue weighted by Gasteiger charge is -2.08. The number of para-hydroxylation sites is 1. The van der Waals surface area contributed by atoms with E-state index >= 15 is 0 Å². The molecule has 0 radical (unpaired) electrons. The number of benzene rings is 2. The number of aromatic amines is 1. The molecule has 0 aliphatic rings. The Morgan fingerprint density at radius 1 is 1.19 bits per heavy atom. The molecule has 0 bridgehead atoms. The first-order valence-corrected chi connectivity index (χ1v) is 9.67. The predicted octanol–water partition coefficient (Wildman–Crippen LogP) is 4.18. The van der Waals surface area contributed by atoms with E-state index in [1.807, 2.05) is 35.8 Å². The van der Waals surface area contributed by atoms with Crippen LogP contribution in [0.1, 0.15) is 21.6 Å². The summed E-state index contributed by atoms with van der Waals surface area (Å²) in [5, 5.41) is 6.12. The lowest BCUT2D eigenvalue weighted by molar-refractivity contribution is 0.0953. The van der Waals surface area contributed by atoms with Gasteiger partial charge in [-0.25, -0.2) is 4.98 Å². The number of hydrogen-bond donors (Lipinski definition) is 2. The Kier molecular flexibility index (Phi) is 5.16. The average molecular weight is 377 g/mol. The molecule has 5 nitrogen and oxygen atoms in total. The molecule has 2 N–H and O–H groups in total. The monoisotopic (exact) mass is 377 g/mol. The maximum atomic E-state index is 12.4. The van der Waals surface area contributed by atoms with E-state index < -0.39 is 0 Å². The van der Waals surface area contributed by atoms with Crippen molar-refractivity contribution in [1.29, 1.82) is 0 Å². The summed E-state index contributed by atoms with van der Waals surface area (Å²) in [5.41, 5.74) is 5.56. The summed E-state index contributed by atoms with van der Waals surface area (Å²) in [6.45, 7) is 0.972. The van der Waals surface area contributed by atoms with E-state index in [0.717, 1.165) is 17.6 Å². The van der Waals surface area contributed by atoms with E-state index in [9.17, 15) is 4.79 Å². The van der Waals surface area contributed by atoms with Crippen molar-refractivity contribution < 1.29 is 9.53 Å². The van der Waals surface area contributed by atoms with E-state index in [2.05, 4.69) is 27.4 Å². The molecule has 0 saturated carbocycles. The smallest absolute Gasteiger partial charge is 0.251 e. The third-order valence-corrected chi connectivity index (χ3v) is 4.96. The van der Waals surface area contributed by atoms with Crippen molar-refractivity contribution in [2.45, 2.75) is 13.0 Å². The number of nitrogens with one attached hydrogen (secondary N) is 2. The summed E-state index contributed by atoms with van der Waals surface area (Å²) in [5.74, 6) is 0.557. The Balaban J connectivity index is 1.33. The number of hydrogen-bond acceptors (Lipinski definition) is 4. The van der Waals surface area contributed by atoms with Gasteiger partial charge in [0.2, 0.25) is 0 Å². The van der Waals surface area contributed by atoms with Crippen LogP contribution in [-0.4, -0.2) is 22.4 Å². The molecule has 0 saturated heterocycles. The minimum absolute atomic E-state index is 0.103. The summed E-state index contributed by atoms with van der Waals surface area (Å²) >= 11 is 1.53. The zero-order valence-electron chi connectivity index (χ0n) is 14.6. The van der Waals surface area contributed by atoms with Crippen molar-refractivity contribution >= 4 is 28.1 Å². The third kappa shape index (κ3) is 4.17. The predicted molar refractivity (Wildman–Crippen MR) is 107 cm³/mol. The van der Waals surface area contributed by atoms with Gasteiger partial charge < -0.3 is 15.0 Å². The van der Waals surface area contributed by atoms with E-state index in [1.165, 1.54) is 22.3 Å². The molecule has 0 aliphatic carbocycles. The Hall–Kier alpha value is -3.12. The van der Waals surface area contributed by atoms with Crippen molar-refractivity contribution in [3.8, 4) is 5.75 Å². The van der Waals surface area contributed by atoms with Gasteiger partial charge in [-0.15, -0.1) is 11.3 Å². The van der Waals surface area contributed by atoms with Crippen LogP contribution in [0.4, 0.5) is 0 Å². The van der Waals surface area contributed by atoms with Gasteiger partial charge in [0, 0.05) is 34.6 Å². The highest BCUT2D eigenvalue weighted by atomic mass is 32.1. The number of amides is 1. The summed E-state index contributed by atoms with van der Waals surface area (Å²) in [4.78, 5) is 19.9. The van der Waals surface area contributed by atoms with Crippen LogP contribution in [0.25, 0.3) is 10.9 Å². The summed E-state index contributed by atoms with van der Waals surface area (Å²) in [6, 6.07) is 15.4. The number of H-pyrrole nitrogens is 1. The molecule has 4 rings (SSSR count). The van der Waals surface area contributed by atoms with Gasteiger partial charge in [0.05, 0.1) is 11.2 Å². The number of aromatic nitrogens is 2. The number of rotatable bonds is 7. The summed E-state index contributed by atoms with van der Waals surface area (Å²) in [6.07, 6.45) is 2.78. The van der Waals surface area contributed by atoms with Gasteiger partial charge in [-0.3, -0.25) is 4.79 Å². The highest BCUT2D eigenvalue weighted by Crippen LogP contribution is 2.18. The maximum Gasteiger partial charge on any atom is 0.251 e. The Morgan fingerprint density at radius 2 is 2.11 bits per heavy atom. The normalized spacial score (nSPS) is 10.8. The second-order valence-corrected chi connectivity index (χ2v) is 6.88. The molecule has 6 heteroatoms. The van der Waals surface area contributed by atoms with Gasteiger partial charge in [-0.2, -0.15) is 0 Å². The topological polar surface area (TPSA) is 67.0 Å². The van der Waals surface area contributed by atoms with Gasteiger partial charge in [-0.1, -0.05) is 24.3 Å². The standard InChI is InChI=1S/C21H19N3O2S/c25-21(22-9-8-16-11-23-20-7-2-1-6-19(16)20)15-4-3-5-18(10-15)26-12-17-13-27-14-24-17/h1-7,10-11,13-14,23H,8-9,12H2,(H,22,25). The molecular formula is C21H19N3O2S. The fourth-order valence-corrected chi connectivity index (χ4v) is 3.49. The van der Waals surface area contributed by atoms with Crippen LogP contribution in [-0.2, 0) is 13.0 Å². The van der Waals surface area contributed by atoms with Crippen LogP contribution >= 0.6 is 11.3 Å². The molecule has 0 unspecified atom stereocenters. The van der Waals surface area contributed by atoms with Crippen LogP contribution in [0.3, 0.4) is 0 Å². The molecule has 0 atom stereocenters. The van der Waals surface area contributed by atoms with Crippen LogP contribution in [0.2, 0.25) is 0 Å². The quantitative estimate of drug-likeness (QED) is 0.508. The van der Waals surface area contributed by atoms with Crippen LogP contribution in [0.5, 0.6) is 5.75 Å². The molecule has 0 aliphatic heterocycles. The Morgan fingerprint density at radius 3 is 3.00 bits per heavy atom. The molecule has 27 heavy (non-hydrogen) atoms. The second kappa shape index (κ2) is 8.05. The summed E-state index contributed by atoms with van der Waals surface area (Å²) < 4.78 is 5.71. The molecule has 136 valence electrons. The fourth-order valence-electron chi connectivity index (χ4n) is 2.94. The van der Waals surface area contributed by atoms with Gasteiger partial charge in [0.25, 0.3) is 5.91 Å². The highest BCUT2D eigenvalue weighted by Gasteiger charge is 2.08. The molecule has 4 aromatic rings. The van der Waals surface area contributed by atoms with Crippen molar-refractivity contribution in [2.24, 2.45) is 0 Å². The molecule has 2 heterocycles. The zero-order valence-corrected chi connectivity index (χ0v) is 15.5. The number of thiazole rings is 1. The fraction of sp³-hybridized carbons (Fsp3) is 0.143. The van der Waals surface area contributed by atoms with Gasteiger partial charge >= 0.3 is 0 Å². The third-order valence-electron chi connectivity index (χ3n) is 4.32. The number of carbonyl (C=O) groups is 1. The Bertz CT molecular complexity index is 1040. The van der Waals surface area contributed by atoms with Crippen LogP contribution < -0.4 is 10.1 Å². The van der Waals surface area contributed by atoms with E-state index in [0.29, 0.717) is 24.5 Å².